The molecule has 0 bridgehead atoms. The van der Waals surface area contributed by atoms with Crippen LogP contribution in [-0.4, -0.2) is 21.0 Å². The van der Waals surface area contributed by atoms with Gasteiger partial charge in [-0.25, -0.2) is 4.39 Å². The molecule has 0 amide bonds. The molecule has 128 valence electrons. The number of halogens is 1. The number of nitrogen functional groups attached to an aromatic ring is 1. The third-order valence-corrected chi connectivity index (χ3v) is 4.52. The number of nitrogens with one attached hydrogen (secondary N) is 1. The van der Waals surface area contributed by atoms with Crippen LogP contribution in [0.4, 0.5) is 16.3 Å². The van der Waals surface area contributed by atoms with Gasteiger partial charge in [-0.3, -0.25) is 0 Å². The van der Waals surface area contributed by atoms with E-state index in [1.54, 1.807) is 0 Å². The van der Waals surface area contributed by atoms with Crippen molar-refractivity contribution in [3.05, 3.63) is 41.7 Å². The predicted molar refractivity (Wildman–Crippen MR) is 93.4 cm³/mol. The molecule has 1 aliphatic rings. The minimum Gasteiger partial charge on any atom is -0.368 e. The molecular weight excluding hydrogens is 305 g/mol. The van der Waals surface area contributed by atoms with E-state index in [1.165, 1.54) is 19.4 Å². The summed E-state index contributed by atoms with van der Waals surface area (Å²) in [6.45, 7) is 4.95. The standard InChI is InChI=1S/C18H24FN5/c1-4-14(13-10-12(13)11-8-6-5-7-9-11)21-17-23-15(18(2,3)19)22-16(20)24-17/h5-9,12-14H,4,10H2,1-3H3,(H3,20,21,22,23,24). The van der Waals surface area contributed by atoms with Gasteiger partial charge in [0.25, 0.3) is 0 Å². The van der Waals surface area contributed by atoms with Crippen LogP contribution >= 0.6 is 0 Å². The average Bonchev–Trinajstić information content (AvgIpc) is 3.32. The highest BCUT2D eigenvalue weighted by Gasteiger charge is 2.43. The molecular formula is C18H24FN5. The molecule has 1 aliphatic carbocycles. The molecule has 1 saturated carbocycles. The van der Waals surface area contributed by atoms with Gasteiger partial charge in [-0.1, -0.05) is 37.3 Å². The first-order chi connectivity index (χ1) is 11.4. The topological polar surface area (TPSA) is 76.7 Å². The van der Waals surface area contributed by atoms with E-state index in [4.69, 9.17) is 5.73 Å². The molecule has 2 aromatic rings. The molecule has 3 N–H and O–H groups in total. The van der Waals surface area contributed by atoms with E-state index in [0.717, 1.165) is 12.8 Å². The number of aromatic nitrogens is 3. The normalized spacial score (nSPS) is 21.3. The minimum atomic E-state index is -1.65. The smallest absolute Gasteiger partial charge is 0.228 e. The van der Waals surface area contributed by atoms with Gasteiger partial charge in [-0.15, -0.1) is 0 Å². The first-order valence-corrected chi connectivity index (χ1v) is 8.41. The van der Waals surface area contributed by atoms with Crippen LogP contribution in [0.1, 0.15) is 50.9 Å². The van der Waals surface area contributed by atoms with Crippen molar-refractivity contribution in [1.29, 1.82) is 0 Å². The summed E-state index contributed by atoms with van der Waals surface area (Å²) >= 11 is 0. The Hall–Kier alpha value is -2.24. The summed E-state index contributed by atoms with van der Waals surface area (Å²) in [6.07, 6.45) is 2.07. The summed E-state index contributed by atoms with van der Waals surface area (Å²) in [5.41, 5.74) is 5.43. The lowest BCUT2D eigenvalue weighted by Crippen LogP contribution is -2.25. The van der Waals surface area contributed by atoms with E-state index in [1.807, 2.05) is 6.07 Å². The molecule has 0 radical (unpaired) electrons. The van der Waals surface area contributed by atoms with Crippen molar-refractivity contribution in [3.63, 3.8) is 0 Å². The quantitative estimate of drug-likeness (QED) is 0.846. The number of anilines is 2. The number of rotatable bonds is 6. The summed E-state index contributed by atoms with van der Waals surface area (Å²) in [4.78, 5) is 12.2. The molecule has 1 aromatic carbocycles. The third kappa shape index (κ3) is 3.63. The highest BCUT2D eigenvalue weighted by molar-refractivity contribution is 5.35. The highest BCUT2D eigenvalue weighted by atomic mass is 19.1. The van der Waals surface area contributed by atoms with Gasteiger partial charge in [0.05, 0.1) is 0 Å². The minimum absolute atomic E-state index is 0.0403. The monoisotopic (exact) mass is 329 g/mol. The zero-order chi connectivity index (χ0) is 17.3. The second kappa shape index (κ2) is 6.34. The summed E-state index contributed by atoms with van der Waals surface area (Å²) in [5, 5.41) is 3.33. The van der Waals surface area contributed by atoms with Gasteiger partial charge in [0.15, 0.2) is 11.5 Å². The maximum absolute atomic E-state index is 14.1. The van der Waals surface area contributed by atoms with Crippen molar-refractivity contribution in [3.8, 4) is 0 Å². The van der Waals surface area contributed by atoms with Gasteiger partial charge in [0, 0.05) is 6.04 Å². The van der Waals surface area contributed by atoms with Gasteiger partial charge < -0.3 is 11.1 Å². The fourth-order valence-corrected chi connectivity index (χ4v) is 3.14. The van der Waals surface area contributed by atoms with Crippen LogP contribution in [-0.2, 0) is 5.67 Å². The van der Waals surface area contributed by atoms with E-state index in [-0.39, 0.29) is 17.8 Å². The van der Waals surface area contributed by atoms with Crippen LogP contribution in [0.3, 0.4) is 0 Å². The number of nitrogens with two attached hydrogens (primary N) is 1. The van der Waals surface area contributed by atoms with Crippen LogP contribution in [0.25, 0.3) is 0 Å². The molecule has 5 nitrogen and oxygen atoms in total. The fraction of sp³-hybridized carbons (Fsp3) is 0.500. The molecule has 1 aromatic heterocycles. The molecule has 1 fully saturated rings. The first kappa shape index (κ1) is 16.6. The van der Waals surface area contributed by atoms with Crippen LogP contribution in [0.2, 0.25) is 0 Å². The van der Waals surface area contributed by atoms with Crippen molar-refractivity contribution < 1.29 is 4.39 Å². The Labute approximate surface area is 141 Å². The fourth-order valence-electron chi connectivity index (χ4n) is 3.14. The molecule has 3 unspecified atom stereocenters. The van der Waals surface area contributed by atoms with Gasteiger partial charge >= 0.3 is 0 Å². The summed E-state index contributed by atoms with van der Waals surface area (Å²) < 4.78 is 14.1. The van der Waals surface area contributed by atoms with E-state index >= 15 is 0 Å². The third-order valence-electron chi connectivity index (χ3n) is 4.52. The van der Waals surface area contributed by atoms with Crippen LogP contribution in [0, 0.1) is 5.92 Å². The molecule has 0 spiro atoms. The molecule has 1 heterocycles. The molecule has 3 atom stereocenters. The van der Waals surface area contributed by atoms with E-state index in [9.17, 15) is 4.39 Å². The Balaban J connectivity index is 1.74. The first-order valence-electron chi connectivity index (χ1n) is 8.41. The Morgan fingerprint density at radius 3 is 2.58 bits per heavy atom. The molecule has 0 saturated heterocycles. The van der Waals surface area contributed by atoms with Gasteiger partial charge in [0.1, 0.15) is 0 Å². The number of nitrogens with zero attached hydrogens (tertiary/aromatic N) is 3. The maximum atomic E-state index is 14.1. The summed E-state index contributed by atoms with van der Waals surface area (Å²) in [5.74, 6) is 1.53. The lowest BCUT2D eigenvalue weighted by atomic mass is 10.0. The van der Waals surface area contributed by atoms with Crippen molar-refractivity contribution in [1.82, 2.24) is 15.0 Å². The highest BCUT2D eigenvalue weighted by Crippen LogP contribution is 2.50. The van der Waals surface area contributed by atoms with Crippen molar-refractivity contribution in [2.45, 2.75) is 51.2 Å². The van der Waals surface area contributed by atoms with E-state index in [0.29, 0.717) is 17.8 Å². The SMILES string of the molecule is CCC(Nc1nc(N)nc(C(C)(C)F)n1)C1CC1c1ccccc1. The largest absolute Gasteiger partial charge is 0.368 e. The second-order valence-corrected chi connectivity index (χ2v) is 6.89. The lowest BCUT2D eigenvalue weighted by molar-refractivity contribution is 0.206. The van der Waals surface area contributed by atoms with Crippen LogP contribution in [0.5, 0.6) is 0 Å². The molecule has 24 heavy (non-hydrogen) atoms. The van der Waals surface area contributed by atoms with Crippen LogP contribution in [0.15, 0.2) is 30.3 Å². The molecule has 0 aliphatic heterocycles. The zero-order valence-corrected chi connectivity index (χ0v) is 14.3. The summed E-state index contributed by atoms with van der Waals surface area (Å²) in [6, 6.07) is 10.7. The van der Waals surface area contributed by atoms with E-state index < -0.39 is 5.67 Å². The Kier molecular flexibility index (Phi) is 4.39. The second-order valence-electron chi connectivity index (χ2n) is 6.89. The Bertz CT molecular complexity index is 698. The maximum Gasteiger partial charge on any atom is 0.228 e. The summed E-state index contributed by atoms with van der Waals surface area (Å²) in [7, 11) is 0. The van der Waals surface area contributed by atoms with Crippen molar-refractivity contribution >= 4 is 11.9 Å². The van der Waals surface area contributed by atoms with Crippen LogP contribution < -0.4 is 11.1 Å². The lowest BCUT2D eigenvalue weighted by Gasteiger charge is -2.19. The van der Waals surface area contributed by atoms with Gasteiger partial charge in [-0.05, 0) is 44.1 Å². The zero-order valence-electron chi connectivity index (χ0n) is 14.3. The molecule has 6 heteroatoms. The molecule has 3 rings (SSSR count). The number of hydrogen-bond donors (Lipinski definition) is 2. The van der Waals surface area contributed by atoms with Crippen molar-refractivity contribution in [2.24, 2.45) is 5.92 Å². The van der Waals surface area contributed by atoms with E-state index in [2.05, 4.69) is 51.5 Å². The van der Waals surface area contributed by atoms with Gasteiger partial charge in [-0.2, -0.15) is 15.0 Å². The average molecular weight is 329 g/mol. The van der Waals surface area contributed by atoms with Gasteiger partial charge in [0.2, 0.25) is 11.9 Å². The number of alkyl halides is 1. The number of hydrogen-bond acceptors (Lipinski definition) is 5. The van der Waals surface area contributed by atoms with Crippen molar-refractivity contribution in [2.75, 3.05) is 11.1 Å². The Morgan fingerprint density at radius 1 is 1.25 bits per heavy atom. The predicted octanol–water partition coefficient (Wildman–Crippen LogP) is 3.65. The number of benzene rings is 1. The Morgan fingerprint density at radius 2 is 1.96 bits per heavy atom.